The topological polar surface area (TPSA) is 49.6 Å². The maximum Gasteiger partial charge on any atom is 0.231 e. The lowest BCUT2D eigenvalue weighted by molar-refractivity contribution is -0.119. The van der Waals surface area contributed by atoms with E-state index in [4.69, 9.17) is 5.73 Å². The molecule has 104 valence electrons. The molecule has 0 aliphatic carbocycles. The van der Waals surface area contributed by atoms with Gasteiger partial charge in [-0.25, -0.2) is 0 Å². The summed E-state index contributed by atoms with van der Waals surface area (Å²) < 4.78 is 1.16. The van der Waals surface area contributed by atoms with E-state index in [-0.39, 0.29) is 5.91 Å². The zero-order valence-corrected chi connectivity index (χ0v) is 12.8. The van der Waals surface area contributed by atoms with Gasteiger partial charge in [0.05, 0.1) is 6.54 Å². The van der Waals surface area contributed by atoms with Crippen LogP contribution in [0.25, 0.3) is 0 Å². The van der Waals surface area contributed by atoms with Crippen molar-refractivity contribution in [3.8, 4) is 0 Å². The Labute approximate surface area is 122 Å². The molecule has 19 heavy (non-hydrogen) atoms. The minimum atomic E-state index is -0.240. The fourth-order valence-corrected chi connectivity index (χ4v) is 2.80. The van der Waals surface area contributed by atoms with Crippen molar-refractivity contribution < 1.29 is 4.79 Å². The summed E-state index contributed by atoms with van der Waals surface area (Å²) in [6, 6.07) is 6.33. The van der Waals surface area contributed by atoms with Crippen LogP contribution in [0.2, 0.25) is 0 Å². The molecule has 1 aromatic rings. The Morgan fingerprint density at radius 1 is 1.26 bits per heavy atom. The van der Waals surface area contributed by atoms with E-state index in [2.05, 4.69) is 50.9 Å². The third kappa shape index (κ3) is 4.03. The van der Waals surface area contributed by atoms with Crippen molar-refractivity contribution in [2.45, 2.75) is 13.5 Å². The molecular weight excluding hydrogens is 306 g/mol. The number of hydrogen-bond donors (Lipinski definition) is 1. The molecule has 0 bridgehead atoms. The summed E-state index contributed by atoms with van der Waals surface area (Å²) in [5, 5.41) is 0. The second kappa shape index (κ2) is 6.50. The highest BCUT2D eigenvalue weighted by atomic mass is 79.9. The van der Waals surface area contributed by atoms with Crippen LogP contribution in [0.3, 0.4) is 0 Å². The monoisotopic (exact) mass is 325 g/mol. The molecular formula is C14H20BrN3O. The number of carbonyl (C=O) groups excluding carboxylic acids is 1. The van der Waals surface area contributed by atoms with E-state index in [0.717, 1.165) is 37.2 Å². The summed E-state index contributed by atoms with van der Waals surface area (Å²) in [4.78, 5) is 15.4. The van der Waals surface area contributed by atoms with Crippen molar-refractivity contribution in [1.82, 2.24) is 9.80 Å². The molecule has 1 aliphatic heterocycles. The predicted molar refractivity (Wildman–Crippen MR) is 79.8 cm³/mol. The summed E-state index contributed by atoms with van der Waals surface area (Å²) in [7, 11) is 0. The van der Waals surface area contributed by atoms with Crippen molar-refractivity contribution in [3.05, 3.63) is 33.8 Å². The SMILES string of the molecule is Cc1c(Br)cccc1CN1CCN(CC(N)=O)CC1. The first-order valence-corrected chi connectivity index (χ1v) is 7.32. The van der Waals surface area contributed by atoms with E-state index in [9.17, 15) is 4.79 Å². The lowest BCUT2D eigenvalue weighted by Crippen LogP contribution is -2.48. The number of hydrogen-bond acceptors (Lipinski definition) is 3. The lowest BCUT2D eigenvalue weighted by Gasteiger charge is -2.34. The van der Waals surface area contributed by atoms with Gasteiger partial charge in [-0.15, -0.1) is 0 Å². The van der Waals surface area contributed by atoms with Crippen molar-refractivity contribution in [2.75, 3.05) is 32.7 Å². The van der Waals surface area contributed by atoms with Crippen LogP contribution >= 0.6 is 15.9 Å². The van der Waals surface area contributed by atoms with Gasteiger partial charge in [0.15, 0.2) is 0 Å². The van der Waals surface area contributed by atoms with E-state index in [0.29, 0.717) is 6.54 Å². The summed E-state index contributed by atoms with van der Waals surface area (Å²) in [5.41, 5.74) is 7.89. The Bertz CT molecular complexity index is 456. The van der Waals surface area contributed by atoms with Crippen LogP contribution in [0.5, 0.6) is 0 Å². The van der Waals surface area contributed by atoms with Gasteiger partial charge in [-0.05, 0) is 24.1 Å². The zero-order valence-electron chi connectivity index (χ0n) is 11.2. The smallest absolute Gasteiger partial charge is 0.231 e. The molecule has 1 aliphatic rings. The molecule has 4 nitrogen and oxygen atoms in total. The Morgan fingerprint density at radius 3 is 2.53 bits per heavy atom. The van der Waals surface area contributed by atoms with Crippen LogP contribution < -0.4 is 5.73 Å². The molecule has 0 radical (unpaired) electrons. The number of rotatable bonds is 4. The molecule has 1 amide bonds. The number of piperazine rings is 1. The van der Waals surface area contributed by atoms with E-state index >= 15 is 0 Å². The number of primary amides is 1. The van der Waals surface area contributed by atoms with Gasteiger partial charge < -0.3 is 5.73 Å². The second-order valence-corrected chi connectivity index (χ2v) is 5.90. The summed E-state index contributed by atoms with van der Waals surface area (Å²) in [5.74, 6) is -0.240. The Kier molecular flexibility index (Phi) is 4.96. The number of amides is 1. The zero-order chi connectivity index (χ0) is 13.8. The molecule has 0 aromatic heterocycles. The van der Waals surface area contributed by atoms with Gasteiger partial charge in [-0.3, -0.25) is 14.6 Å². The van der Waals surface area contributed by atoms with Crippen molar-refractivity contribution in [2.24, 2.45) is 5.73 Å². The van der Waals surface area contributed by atoms with E-state index in [1.165, 1.54) is 11.1 Å². The summed E-state index contributed by atoms with van der Waals surface area (Å²) in [6.07, 6.45) is 0. The summed E-state index contributed by atoms with van der Waals surface area (Å²) in [6.45, 7) is 7.28. The van der Waals surface area contributed by atoms with Crippen LogP contribution in [0, 0.1) is 6.92 Å². The van der Waals surface area contributed by atoms with Gasteiger partial charge >= 0.3 is 0 Å². The minimum absolute atomic E-state index is 0.240. The Balaban J connectivity index is 1.89. The van der Waals surface area contributed by atoms with Crippen LogP contribution in [-0.4, -0.2) is 48.4 Å². The Morgan fingerprint density at radius 2 is 1.89 bits per heavy atom. The molecule has 0 spiro atoms. The van der Waals surface area contributed by atoms with Crippen LogP contribution in [0.4, 0.5) is 0 Å². The fraction of sp³-hybridized carbons (Fsp3) is 0.500. The molecule has 1 heterocycles. The first-order valence-electron chi connectivity index (χ1n) is 6.53. The third-order valence-corrected chi connectivity index (χ3v) is 4.48. The van der Waals surface area contributed by atoms with Crippen molar-refractivity contribution in [3.63, 3.8) is 0 Å². The van der Waals surface area contributed by atoms with Crippen LogP contribution in [0.1, 0.15) is 11.1 Å². The third-order valence-electron chi connectivity index (χ3n) is 3.62. The minimum Gasteiger partial charge on any atom is -0.369 e. The molecule has 0 unspecified atom stereocenters. The number of nitrogens with two attached hydrogens (primary N) is 1. The number of nitrogens with zero attached hydrogens (tertiary/aromatic N) is 2. The largest absolute Gasteiger partial charge is 0.369 e. The van der Waals surface area contributed by atoms with Crippen molar-refractivity contribution in [1.29, 1.82) is 0 Å². The maximum absolute atomic E-state index is 10.9. The predicted octanol–water partition coefficient (Wildman–Crippen LogP) is 1.36. The van der Waals surface area contributed by atoms with Gasteiger partial charge in [0.25, 0.3) is 0 Å². The molecule has 2 rings (SSSR count). The highest BCUT2D eigenvalue weighted by Gasteiger charge is 2.18. The van der Waals surface area contributed by atoms with Crippen molar-refractivity contribution >= 4 is 21.8 Å². The fourth-order valence-electron chi connectivity index (χ4n) is 2.39. The molecule has 2 N–H and O–H groups in total. The number of halogens is 1. The van der Waals surface area contributed by atoms with E-state index < -0.39 is 0 Å². The van der Waals surface area contributed by atoms with E-state index in [1.54, 1.807) is 0 Å². The molecule has 1 aromatic carbocycles. The second-order valence-electron chi connectivity index (χ2n) is 5.04. The normalized spacial score (nSPS) is 17.6. The molecule has 1 saturated heterocycles. The first-order chi connectivity index (χ1) is 9.06. The number of carbonyl (C=O) groups is 1. The average molecular weight is 326 g/mol. The highest BCUT2D eigenvalue weighted by Crippen LogP contribution is 2.21. The molecule has 0 saturated carbocycles. The van der Waals surface area contributed by atoms with Gasteiger partial charge in [-0.1, -0.05) is 28.1 Å². The van der Waals surface area contributed by atoms with Crippen LogP contribution in [0.15, 0.2) is 22.7 Å². The average Bonchev–Trinajstić information content (AvgIpc) is 2.37. The standard InChI is InChI=1S/C14H20BrN3O/c1-11-12(3-2-4-13(11)15)9-17-5-7-18(8-6-17)10-14(16)19/h2-4H,5-10H2,1H3,(H2,16,19). The lowest BCUT2D eigenvalue weighted by atomic mass is 10.1. The number of benzene rings is 1. The first kappa shape index (κ1) is 14.5. The molecule has 0 atom stereocenters. The molecule has 1 fully saturated rings. The summed E-state index contributed by atoms with van der Waals surface area (Å²) >= 11 is 3.57. The van der Waals surface area contributed by atoms with Crippen LogP contribution in [-0.2, 0) is 11.3 Å². The quantitative estimate of drug-likeness (QED) is 0.909. The maximum atomic E-state index is 10.9. The van der Waals surface area contributed by atoms with Gasteiger partial charge in [0.1, 0.15) is 0 Å². The molecule has 5 heteroatoms. The van der Waals surface area contributed by atoms with E-state index in [1.807, 2.05) is 0 Å². The van der Waals surface area contributed by atoms with Gasteiger partial charge in [0, 0.05) is 37.2 Å². The highest BCUT2D eigenvalue weighted by molar-refractivity contribution is 9.10. The van der Waals surface area contributed by atoms with Gasteiger partial charge in [-0.2, -0.15) is 0 Å². The van der Waals surface area contributed by atoms with Gasteiger partial charge in [0.2, 0.25) is 5.91 Å². The Hall–Kier alpha value is -0.910.